The van der Waals surface area contributed by atoms with E-state index in [9.17, 15) is 9.59 Å². The van der Waals surface area contributed by atoms with E-state index in [0.717, 1.165) is 0 Å². The van der Waals surface area contributed by atoms with Crippen molar-refractivity contribution in [2.24, 2.45) is 11.7 Å². The Morgan fingerprint density at radius 1 is 1.33 bits per heavy atom. The number of benzene rings is 1. The normalized spacial score (nSPS) is 26.2. The molecule has 18 heavy (non-hydrogen) atoms. The predicted octanol–water partition coefficient (Wildman–Crippen LogP) is 1.47. The minimum atomic E-state index is -0.961. The van der Waals surface area contributed by atoms with Gasteiger partial charge in [0.2, 0.25) is 5.91 Å². The van der Waals surface area contributed by atoms with Crippen LogP contribution >= 0.6 is 11.6 Å². The van der Waals surface area contributed by atoms with Crippen LogP contribution in [0.1, 0.15) is 12.8 Å². The maximum Gasteiger partial charge on any atom is 0.306 e. The molecule has 0 radical (unpaired) electrons. The molecule has 0 spiro atoms. The maximum atomic E-state index is 11.5. The topological polar surface area (TPSA) is 92.4 Å². The van der Waals surface area contributed by atoms with E-state index < -0.39 is 23.3 Å². The number of carbonyl (C=O) groups excluding carboxylic acids is 1. The Morgan fingerprint density at radius 3 is 2.33 bits per heavy atom. The number of aliphatic carboxylic acids is 1. The Kier molecular flexibility index (Phi) is 3.17. The van der Waals surface area contributed by atoms with Crippen molar-refractivity contribution < 1.29 is 14.7 Å². The smallest absolute Gasteiger partial charge is 0.306 e. The Hall–Kier alpha value is -1.75. The van der Waals surface area contributed by atoms with Crippen LogP contribution in [0.4, 0.5) is 5.69 Å². The first-order chi connectivity index (χ1) is 8.43. The third-order valence-electron chi connectivity index (χ3n) is 3.24. The maximum absolute atomic E-state index is 11.5. The molecule has 1 amide bonds. The van der Waals surface area contributed by atoms with Gasteiger partial charge in [0.15, 0.2) is 0 Å². The van der Waals surface area contributed by atoms with Crippen molar-refractivity contribution in [1.29, 1.82) is 0 Å². The van der Waals surface area contributed by atoms with Gasteiger partial charge in [-0.05, 0) is 37.1 Å². The minimum absolute atomic E-state index is 0.209. The summed E-state index contributed by atoms with van der Waals surface area (Å²) in [6.45, 7) is 0. The number of hydrogen-bond donors (Lipinski definition) is 3. The average molecular weight is 269 g/mol. The Morgan fingerprint density at radius 2 is 1.89 bits per heavy atom. The Balaban J connectivity index is 2.12. The van der Waals surface area contributed by atoms with Gasteiger partial charge in [-0.3, -0.25) is 9.59 Å². The highest BCUT2D eigenvalue weighted by molar-refractivity contribution is 6.30. The molecular weight excluding hydrogens is 256 g/mol. The van der Waals surface area contributed by atoms with Gasteiger partial charge in [0.1, 0.15) is 5.54 Å². The summed E-state index contributed by atoms with van der Waals surface area (Å²) in [4.78, 5) is 22.3. The zero-order valence-electron chi connectivity index (χ0n) is 9.52. The van der Waals surface area contributed by atoms with Crippen molar-refractivity contribution in [3.05, 3.63) is 29.3 Å². The number of hydrogen-bond acceptors (Lipinski definition) is 3. The number of rotatable bonds is 4. The van der Waals surface area contributed by atoms with Crippen molar-refractivity contribution in [1.82, 2.24) is 0 Å². The Bertz CT molecular complexity index is 481. The van der Waals surface area contributed by atoms with Gasteiger partial charge < -0.3 is 16.2 Å². The van der Waals surface area contributed by atoms with Crippen molar-refractivity contribution in [3.63, 3.8) is 0 Å². The molecule has 96 valence electrons. The predicted molar refractivity (Wildman–Crippen MR) is 67.4 cm³/mol. The van der Waals surface area contributed by atoms with Gasteiger partial charge in [-0.15, -0.1) is 0 Å². The lowest BCUT2D eigenvalue weighted by molar-refractivity contribution is -0.148. The quantitative estimate of drug-likeness (QED) is 0.771. The highest BCUT2D eigenvalue weighted by Gasteiger charge is 2.52. The summed E-state index contributed by atoms with van der Waals surface area (Å²) in [5.74, 6) is -1.95. The Labute approximate surface area is 109 Å². The summed E-state index contributed by atoms with van der Waals surface area (Å²) >= 11 is 5.76. The number of nitrogens with two attached hydrogens (primary N) is 1. The fourth-order valence-electron chi connectivity index (χ4n) is 2.13. The standard InChI is InChI=1S/C12H13ClN2O3/c13-8-1-3-9(4-2-8)15-12(11(14)18)5-7(6-12)10(16)17/h1-4,7,15H,5-6H2,(H2,14,18)(H,16,17). The summed E-state index contributed by atoms with van der Waals surface area (Å²) in [7, 11) is 0. The first-order valence-electron chi connectivity index (χ1n) is 5.49. The molecule has 1 fully saturated rings. The number of carboxylic acid groups (broad SMARTS) is 1. The molecule has 0 unspecified atom stereocenters. The van der Waals surface area contributed by atoms with Gasteiger partial charge in [-0.25, -0.2) is 0 Å². The number of halogens is 1. The molecular formula is C12H13ClN2O3. The van der Waals surface area contributed by atoms with Crippen LogP contribution in [0.15, 0.2) is 24.3 Å². The monoisotopic (exact) mass is 268 g/mol. The fourth-order valence-corrected chi connectivity index (χ4v) is 2.26. The molecule has 5 nitrogen and oxygen atoms in total. The van der Waals surface area contributed by atoms with Crippen molar-refractivity contribution in [2.45, 2.75) is 18.4 Å². The van der Waals surface area contributed by atoms with Crippen molar-refractivity contribution >= 4 is 29.2 Å². The zero-order chi connectivity index (χ0) is 13.3. The summed E-state index contributed by atoms with van der Waals surface area (Å²) in [6.07, 6.45) is 0.417. The molecule has 2 rings (SSSR count). The van der Waals surface area contributed by atoms with Crippen molar-refractivity contribution in [3.8, 4) is 0 Å². The second-order valence-corrected chi connectivity index (χ2v) is 4.96. The van der Waals surface area contributed by atoms with Gasteiger partial charge in [-0.2, -0.15) is 0 Å². The summed E-state index contributed by atoms with van der Waals surface area (Å²) in [5.41, 5.74) is 5.09. The highest BCUT2D eigenvalue weighted by Crippen LogP contribution is 2.40. The molecule has 1 saturated carbocycles. The first-order valence-corrected chi connectivity index (χ1v) is 5.87. The van der Waals surface area contributed by atoms with E-state index in [1.807, 2.05) is 0 Å². The van der Waals surface area contributed by atoms with Gasteiger partial charge in [0, 0.05) is 10.7 Å². The van der Waals surface area contributed by atoms with Gasteiger partial charge in [0.05, 0.1) is 5.92 Å². The largest absolute Gasteiger partial charge is 0.481 e. The third kappa shape index (κ3) is 2.26. The van der Waals surface area contributed by atoms with E-state index in [4.69, 9.17) is 22.4 Å². The van der Waals surface area contributed by atoms with Crippen LogP contribution in [0.25, 0.3) is 0 Å². The lowest BCUT2D eigenvalue weighted by atomic mass is 9.67. The number of carbonyl (C=O) groups is 2. The van der Waals surface area contributed by atoms with Crippen LogP contribution in [-0.4, -0.2) is 22.5 Å². The highest BCUT2D eigenvalue weighted by atomic mass is 35.5. The second kappa shape index (κ2) is 4.49. The van der Waals surface area contributed by atoms with Crippen LogP contribution in [-0.2, 0) is 9.59 Å². The second-order valence-electron chi connectivity index (χ2n) is 4.52. The number of carboxylic acids is 1. The van der Waals surface area contributed by atoms with Crippen LogP contribution in [0.5, 0.6) is 0 Å². The molecule has 6 heteroatoms. The van der Waals surface area contributed by atoms with E-state index in [1.54, 1.807) is 24.3 Å². The SMILES string of the molecule is NC(=O)C1(Nc2ccc(Cl)cc2)CC(C(=O)O)C1. The van der Waals surface area contributed by atoms with E-state index in [-0.39, 0.29) is 12.8 Å². The fraction of sp³-hybridized carbons (Fsp3) is 0.333. The zero-order valence-corrected chi connectivity index (χ0v) is 10.3. The van der Waals surface area contributed by atoms with Gasteiger partial charge >= 0.3 is 5.97 Å². The molecule has 1 aromatic carbocycles. The van der Waals surface area contributed by atoms with Crippen LogP contribution in [0, 0.1) is 5.92 Å². The molecule has 0 bridgehead atoms. The van der Waals surface area contributed by atoms with E-state index in [1.165, 1.54) is 0 Å². The number of nitrogens with one attached hydrogen (secondary N) is 1. The van der Waals surface area contributed by atoms with Crippen molar-refractivity contribution in [2.75, 3.05) is 5.32 Å². The molecule has 1 aromatic rings. The lowest BCUT2D eigenvalue weighted by Gasteiger charge is -2.44. The lowest BCUT2D eigenvalue weighted by Crippen LogP contribution is -2.60. The molecule has 1 aliphatic rings. The molecule has 0 aliphatic heterocycles. The number of anilines is 1. The molecule has 0 aromatic heterocycles. The van der Waals surface area contributed by atoms with Gasteiger partial charge in [-0.1, -0.05) is 11.6 Å². The number of amides is 1. The van der Waals surface area contributed by atoms with Crippen LogP contribution in [0.2, 0.25) is 5.02 Å². The van der Waals surface area contributed by atoms with Crippen LogP contribution < -0.4 is 11.1 Å². The van der Waals surface area contributed by atoms with Gasteiger partial charge in [0.25, 0.3) is 0 Å². The summed E-state index contributed by atoms with van der Waals surface area (Å²) < 4.78 is 0. The third-order valence-corrected chi connectivity index (χ3v) is 3.49. The van der Waals surface area contributed by atoms with E-state index in [2.05, 4.69) is 5.32 Å². The first kappa shape index (κ1) is 12.7. The van der Waals surface area contributed by atoms with Crippen LogP contribution in [0.3, 0.4) is 0 Å². The minimum Gasteiger partial charge on any atom is -0.481 e. The molecule has 0 atom stereocenters. The summed E-state index contributed by atoms with van der Waals surface area (Å²) in [6, 6.07) is 6.82. The van der Waals surface area contributed by atoms with E-state index >= 15 is 0 Å². The molecule has 4 N–H and O–H groups in total. The molecule has 1 aliphatic carbocycles. The molecule has 0 heterocycles. The average Bonchev–Trinajstić information content (AvgIpc) is 2.24. The molecule has 0 saturated heterocycles. The van der Waals surface area contributed by atoms with E-state index in [0.29, 0.717) is 10.7 Å². The summed E-state index contributed by atoms with van der Waals surface area (Å²) in [5, 5.41) is 12.4. The number of primary amides is 1.